The zero-order valence-electron chi connectivity index (χ0n) is 15.4. The van der Waals surface area contributed by atoms with Crippen molar-refractivity contribution in [1.82, 2.24) is 15.1 Å². The Labute approximate surface area is 164 Å². The van der Waals surface area contributed by atoms with Crippen molar-refractivity contribution in [3.63, 3.8) is 0 Å². The van der Waals surface area contributed by atoms with E-state index in [1.165, 1.54) is 5.56 Å². The van der Waals surface area contributed by atoms with E-state index in [1.807, 2.05) is 6.92 Å². The maximum absolute atomic E-state index is 11.1. The van der Waals surface area contributed by atoms with Gasteiger partial charge in [0, 0.05) is 43.2 Å². The summed E-state index contributed by atoms with van der Waals surface area (Å²) < 4.78 is 23.3. The Bertz CT molecular complexity index is 700. The van der Waals surface area contributed by atoms with E-state index in [9.17, 15) is 8.42 Å². The third-order valence-corrected chi connectivity index (χ3v) is 5.77. The molecule has 0 aliphatic carbocycles. The first kappa shape index (κ1) is 21.1. The Hall–Kier alpha value is -1.16. The first-order valence-electron chi connectivity index (χ1n) is 8.83. The number of hydrogen-bond acceptors (Lipinski definition) is 4. The SMILES string of the molecule is CCNC(=NCCS(N)(=O)=O)N1CCN(C(C)c2ccc(Br)cc2)CC1. The number of nitrogens with two attached hydrogens (primary N) is 1. The quantitative estimate of drug-likeness (QED) is 0.509. The van der Waals surface area contributed by atoms with E-state index in [2.05, 4.69) is 67.2 Å². The number of guanidine groups is 1. The molecular formula is C17H28BrN5O2S. The minimum atomic E-state index is -3.48. The van der Waals surface area contributed by atoms with E-state index in [4.69, 9.17) is 5.14 Å². The molecule has 1 unspecified atom stereocenters. The van der Waals surface area contributed by atoms with Crippen molar-refractivity contribution in [1.29, 1.82) is 0 Å². The normalized spacial score (nSPS) is 18.0. The van der Waals surface area contributed by atoms with E-state index < -0.39 is 10.0 Å². The van der Waals surface area contributed by atoms with Crippen molar-refractivity contribution >= 4 is 31.9 Å². The number of benzene rings is 1. The molecule has 0 saturated carbocycles. The molecule has 0 bridgehead atoms. The summed E-state index contributed by atoms with van der Waals surface area (Å²) in [6.07, 6.45) is 0. The molecule has 26 heavy (non-hydrogen) atoms. The number of halogens is 1. The lowest BCUT2D eigenvalue weighted by molar-refractivity contribution is 0.138. The number of nitrogens with one attached hydrogen (secondary N) is 1. The van der Waals surface area contributed by atoms with Crippen molar-refractivity contribution in [2.45, 2.75) is 19.9 Å². The molecule has 146 valence electrons. The highest BCUT2D eigenvalue weighted by atomic mass is 79.9. The van der Waals surface area contributed by atoms with Gasteiger partial charge < -0.3 is 10.2 Å². The monoisotopic (exact) mass is 445 g/mol. The second-order valence-corrected chi connectivity index (χ2v) is 9.00. The Morgan fingerprint density at radius 1 is 1.27 bits per heavy atom. The van der Waals surface area contributed by atoms with Gasteiger partial charge in [-0.25, -0.2) is 13.6 Å². The van der Waals surface area contributed by atoms with E-state index in [0.717, 1.165) is 43.2 Å². The standard InChI is InChI=1S/C17H28BrN5O2S/c1-3-20-17(21-8-13-26(19,24)25)23-11-9-22(10-12-23)14(2)15-4-6-16(18)7-5-15/h4-7,14H,3,8-13H2,1-2H3,(H,20,21)(H2,19,24,25). The topological polar surface area (TPSA) is 91.0 Å². The van der Waals surface area contributed by atoms with Crippen LogP contribution in [-0.2, 0) is 10.0 Å². The maximum Gasteiger partial charge on any atom is 0.210 e. The van der Waals surface area contributed by atoms with Crippen LogP contribution in [0.2, 0.25) is 0 Å². The molecule has 1 saturated heterocycles. The van der Waals surface area contributed by atoms with Crippen LogP contribution >= 0.6 is 15.9 Å². The summed E-state index contributed by atoms with van der Waals surface area (Å²) in [4.78, 5) is 9.04. The fourth-order valence-corrected chi connectivity index (χ4v) is 3.59. The highest BCUT2D eigenvalue weighted by Crippen LogP contribution is 2.23. The van der Waals surface area contributed by atoms with Crippen molar-refractivity contribution in [2.24, 2.45) is 10.1 Å². The van der Waals surface area contributed by atoms with Crippen LogP contribution < -0.4 is 10.5 Å². The summed E-state index contributed by atoms with van der Waals surface area (Å²) >= 11 is 3.48. The lowest BCUT2D eigenvalue weighted by atomic mass is 10.1. The summed E-state index contributed by atoms with van der Waals surface area (Å²) in [6.45, 7) is 8.70. The molecule has 9 heteroatoms. The van der Waals surface area contributed by atoms with Crippen molar-refractivity contribution < 1.29 is 8.42 Å². The van der Waals surface area contributed by atoms with Gasteiger partial charge in [-0.1, -0.05) is 28.1 Å². The van der Waals surface area contributed by atoms with E-state index in [0.29, 0.717) is 6.04 Å². The van der Waals surface area contributed by atoms with Gasteiger partial charge in [0.25, 0.3) is 0 Å². The van der Waals surface area contributed by atoms with Gasteiger partial charge in [-0.15, -0.1) is 0 Å². The molecule has 1 heterocycles. The average Bonchev–Trinajstić information content (AvgIpc) is 2.60. The molecule has 0 spiro atoms. The Kier molecular flexibility index (Phi) is 7.87. The van der Waals surface area contributed by atoms with Gasteiger partial charge >= 0.3 is 0 Å². The highest BCUT2D eigenvalue weighted by Gasteiger charge is 2.23. The molecule has 7 nitrogen and oxygen atoms in total. The molecular weight excluding hydrogens is 418 g/mol. The van der Waals surface area contributed by atoms with Crippen molar-refractivity contribution in [3.8, 4) is 0 Å². The lowest BCUT2D eigenvalue weighted by Gasteiger charge is -2.39. The van der Waals surface area contributed by atoms with Crippen LogP contribution in [0.15, 0.2) is 33.7 Å². The van der Waals surface area contributed by atoms with E-state index >= 15 is 0 Å². The molecule has 0 amide bonds. The predicted molar refractivity (Wildman–Crippen MR) is 110 cm³/mol. The van der Waals surface area contributed by atoms with Gasteiger partial charge in [0.15, 0.2) is 5.96 Å². The molecule has 0 radical (unpaired) electrons. The van der Waals surface area contributed by atoms with Gasteiger partial charge in [0.2, 0.25) is 10.0 Å². The summed E-state index contributed by atoms with van der Waals surface area (Å²) in [7, 11) is -3.48. The second-order valence-electron chi connectivity index (χ2n) is 6.35. The number of piperazine rings is 1. The van der Waals surface area contributed by atoms with Crippen LogP contribution in [0, 0.1) is 0 Å². The van der Waals surface area contributed by atoms with Crippen LogP contribution in [0.3, 0.4) is 0 Å². The van der Waals surface area contributed by atoms with Gasteiger partial charge in [-0.2, -0.15) is 0 Å². The molecule has 1 fully saturated rings. The van der Waals surface area contributed by atoms with E-state index in [1.54, 1.807) is 0 Å². The first-order valence-corrected chi connectivity index (χ1v) is 11.3. The molecule has 1 aromatic carbocycles. The fraction of sp³-hybridized carbons (Fsp3) is 0.588. The third kappa shape index (κ3) is 6.53. The fourth-order valence-electron chi connectivity index (χ4n) is 2.98. The van der Waals surface area contributed by atoms with Crippen molar-refractivity contribution in [3.05, 3.63) is 34.3 Å². The van der Waals surface area contributed by atoms with Crippen LogP contribution in [0.1, 0.15) is 25.5 Å². The molecule has 3 N–H and O–H groups in total. The minimum Gasteiger partial charge on any atom is -0.357 e. The number of nitrogens with zero attached hydrogens (tertiary/aromatic N) is 3. The molecule has 1 aliphatic rings. The summed E-state index contributed by atoms with van der Waals surface area (Å²) in [5.41, 5.74) is 1.30. The average molecular weight is 446 g/mol. The molecule has 1 atom stereocenters. The van der Waals surface area contributed by atoms with Crippen LogP contribution in [-0.4, -0.2) is 69.2 Å². The van der Waals surface area contributed by atoms with E-state index in [-0.39, 0.29) is 12.3 Å². The highest BCUT2D eigenvalue weighted by molar-refractivity contribution is 9.10. The summed E-state index contributed by atoms with van der Waals surface area (Å²) in [5, 5.41) is 8.29. The first-order chi connectivity index (χ1) is 12.3. The number of aliphatic imine (C=N–C) groups is 1. The molecule has 2 rings (SSSR count). The van der Waals surface area contributed by atoms with Crippen LogP contribution in [0.4, 0.5) is 0 Å². The van der Waals surface area contributed by atoms with Gasteiger partial charge in [-0.05, 0) is 31.5 Å². The Morgan fingerprint density at radius 3 is 2.42 bits per heavy atom. The predicted octanol–water partition coefficient (Wildman–Crippen LogP) is 1.38. The third-order valence-electron chi connectivity index (χ3n) is 4.49. The zero-order valence-corrected chi connectivity index (χ0v) is 17.8. The number of primary sulfonamides is 1. The lowest BCUT2D eigenvalue weighted by Crippen LogP contribution is -2.53. The minimum absolute atomic E-state index is 0.136. The Balaban J connectivity index is 1.93. The van der Waals surface area contributed by atoms with Crippen LogP contribution in [0.5, 0.6) is 0 Å². The molecule has 0 aromatic heterocycles. The van der Waals surface area contributed by atoms with Crippen LogP contribution in [0.25, 0.3) is 0 Å². The van der Waals surface area contributed by atoms with Crippen molar-refractivity contribution in [2.75, 3.05) is 45.0 Å². The summed E-state index contributed by atoms with van der Waals surface area (Å²) in [6, 6.07) is 8.81. The largest absolute Gasteiger partial charge is 0.357 e. The Morgan fingerprint density at radius 2 is 1.88 bits per heavy atom. The van der Waals surface area contributed by atoms with Gasteiger partial charge in [0.05, 0.1) is 12.3 Å². The van der Waals surface area contributed by atoms with Gasteiger partial charge in [-0.3, -0.25) is 9.89 Å². The number of sulfonamides is 1. The second kappa shape index (κ2) is 9.68. The summed E-state index contributed by atoms with van der Waals surface area (Å²) in [5.74, 6) is 0.620. The number of hydrogen-bond donors (Lipinski definition) is 2. The smallest absolute Gasteiger partial charge is 0.210 e. The molecule has 1 aliphatic heterocycles. The molecule has 1 aromatic rings. The van der Waals surface area contributed by atoms with Gasteiger partial charge in [0.1, 0.15) is 0 Å². The number of rotatable bonds is 6. The maximum atomic E-state index is 11.1. The zero-order chi connectivity index (χ0) is 19.2.